The van der Waals surface area contributed by atoms with Crippen molar-refractivity contribution in [3.8, 4) is 6.07 Å². The Morgan fingerprint density at radius 1 is 1.62 bits per heavy atom. The average molecular weight is 174 g/mol. The van der Waals surface area contributed by atoms with Crippen molar-refractivity contribution in [3.63, 3.8) is 0 Å². The number of nitrogens with two attached hydrogens (primary N) is 1. The number of amides is 1. The lowest BCUT2D eigenvalue weighted by atomic mass is 10.0. The number of primary amides is 1. The Balaban J connectivity index is 3.07. The highest BCUT2D eigenvalue weighted by atomic mass is 16.1. The molecule has 0 bridgehead atoms. The Morgan fingerprint density at radius 2 is 2.31 bits per heavy atom. The quantitative estimate of drug-likeness (QED) is 0.736. The lowest BCUT2D eigenvalue weighted by Crippen LogP contribution is -2.11. The molecular formula is C10H10N2O. The fraction of sp³-hybridized carbons (Fsp3) is 0.200. The first kappa shape index (κ1) is 9.27. The normalized spacial score (nSPS) is 11.7. The van der Waals surface area contributed by atoms with E-state index in [1.165, 1.54) is 0 Å². The summed E-state index contributed by atoms with van der Waals surface area (Å²) in [5, 5.41) is 8.65. The van der Waals surface area contributed by atoms with E-state index in [4.69, 9.17) is 11.0 Å². The third-order valence-electron chi connectivity index (χ3n) is 1.86. The number of nitrogens with zero attached hydrogens (tertiary/aromatic N) is 1. The van der Waals surface area contributed by atoms with Gasteiger partial charge in [0.05, 0.1) is 12.0 Å². The Morgan fingerprint density at radius 3 is 2.85 bits per heavy atom. The van der Waals surface area contributed by atoms with Gasteiger partial charge in [-0.25, -0.2) is 0 Å². The molecule has 0 fully saturated rings. The predicted molar refractivity (Wildman–Crippen MR) is 49.0 cm³/mol. The summed E-state index contributed by atoms with van der Waals surface area (Å²) in [7, 11) is 0. The molecule has 0 saturated heterocycles. The first-order valence-corrected chi connectivity index (χ1v) is 3.94. The number of rotatable bonds is 2. The van der Waals surface area contributed by atoms with Crippen LogP contribution < -0.4 is 5.73 Å². The summed E-state index contributed by atoms with van der Waals surface area (Å²) >= 11 is 0. The molecule has 0 aliphatic carbocycles. The van der Waals surface area contributed by atoms with Gasteiger partial charge in [-0.05, 0) is 24.6 Å². The van der Waals surface area contributed by atoms with E-state index in [2.05, 4.69) is 6.07 Å². The highest BCUT2D eigenvalue weighted by molar-refractivity contribution is 5.92. The van der Waals surface area contributed by atoms with Gasteiger partial charge >= 0.3 is 0 Å². The zero-order chi connectivity index (χ0) is 9.84. The summed E-state index contributed by atoms with van der Waals surface area (Å²) in [5.41, 5.74) is 6.36. The zero-order valence-corrected chi connectivity index (χ0v) is 7.32. The fourth-order valence-electron chi connectivity index (χ4n) is 1.04. The molecule has 1 aromatic rings. The summed E-state index contributed by atoms with van der Waals surface area (Å²) in [6, 6.07) is 8.91. The van der Waals surface area contributed by atoms with Crippen LogP contribution in [0.1, 0.15) is 28.8 Å². The first-order chi connectivity index (χ1) is 6.15. The van der Waals surface area contributed by atoms with Crippen molar-refractivity contribution < 1.29 is 4.79 Å². The number of hydrogen-bond donors (Lipinski definition) is 1. The molecule has 3 nitrogen and oxygen atoms in total. The average Bonchev–Trinajstić information content (AvgIpc) is 2.17. The third-order valence-corrected chi connectivity index (χ3v) is 1.86. The van der Waals surface area contributed by atoms with Crippen molar-refractivity contribution in [2.24, 2.45) is 5.73 Å². The summed E-state index contributed by atoms with van der Waals surface area (Å²) in [6.45, 7) is 1.78. The van der Waals surface area contributed by atoms with E-state index >= 15 is 0 Å². The van der Waals surface area contributed by atoms with Gasteiger partial charge in [0.2, 0.25) is 5.91 Å². The van der Waals surface area contributed by atoms with Crippen molar-refractivity contribution in [3.05, 3.63) is 35.4 Å². The minimum atomic E-state index is -0.466. The van der Waals surface area contributed by atoms with Crippen LogP contribution in [-0.2, 0) is 0 Å². The number of hydrogen-bond acceptors (Lipinski definition) is 2. The topological polar surface area (TPSA) is 66.9 Å². The molecule has 0 aliphatic heterocycles. The Kier molecular flexibility index (Phi) is 2.65. The van der Waals surface area contributed by atoms with Crippen LogP contribution >= 0.6 is 0 Å². The van der Waals surface area contributed by atoms with Gasteiger partial charge in [0, 0.05) is 5.56 Å². The van der Waals surface area contributed by atoms with Crippen molar-refractivity contribution in [1.29, 1.82) is 5.26 Å². The molecule has 66 valence electrons. The molecular weight excluding hydrogens is 164 g/mol. The summed E-state index contributed by atoms with van der Waals surface area (Å²) in [5.74, 6) is -0.675. The Labute approximate surface area is 76.8 Å². The highest BCUT2D eigenvalue weighted by Gasteiger charge is 2.06. The molecule has 1 unspecified atom stereocenters. The number of benzene rings is 1. The van der Waals surface area contributed by atoms with Gasteiger partial charge in [0.1, 0.15) is 0 Å². The smallest absolute Gasteiger partial charge is 0.248 e. The molecule has 2 N–H and O–H groups in total. The number of carbonyl (C=O) groups excluding carboxylic acids is 1. The van der Waals surface area contributed by atoms with Crippen LogP contribution in [0.4, 0.5) is 0 Å². The molecule has 0 aliphatic rings. The maximum absolute atomic E-state index is 10.8. The summed E-state index contributed by atoms with van der Waals surface area (Å²) in [4.78, 5) is 10.8. The molecule has 3 heteroatoms. The van der Waals surface area contributed by atoms with Crippen molar-refractivity contribution >= 4 is 5.91 Å². The molecule has 0 heterocycles. The molecule has 0 spiro atoms. The minimum absolute atomic E-state index is 0.209. The molecule has 1 aromatic carbocycles. The first-order valence-electron chi connectivity index (χ1n) is 3.94. The maximum atomic E-state index is 10.8. The van der Waals surface area contributed by atoms with Crippen molar-refractivity contribution in [2.45, 2.75) is 12.8 Å². The molecule has 0 aromatic heterocycles. The van der Waals surface area contributed by atoms with Crippen LogP contribution in [0.3, 0.4) is 0 Å². The van der Waals surface area contributed by atoms with E-state index in [0.29, 0.717) is 5.56 Å². The SMILES string of the molecule is CC(C#N)c1cccc(C(N)=O)c1. The second-order valence-corrected chi connectivity index (χ2v) is 2.84. The molecule has 1 rings (SSSR count). The number of carbonyl (C=O) groups is 1. The van der Waals surface area contributed by atoms with Gasteiger partial charge in [0.15, 0.2) is 0 Å². The van der Waals surface area contributed by atoms with Crippen molar-refractivity contribution in [2.75, 3.05) is 0 Å². The molecule has 0 radical (unpaired) electrons. The van der Waals surface area contributed by atoms with Crippen LogP contribution in [0, 0.1) is 11.3 Å². The van der Waals surface area contributed by atoms with Gasteiger partial charge in [-0.2, -0.15) is 5.26 Å². The largest absolute Gasteiger partial charge is 0.366 e. The highest BCUT2D eigenvalue weighted by Crippen LogP contribution is 2.15. The number of nitriles is 1. The maximum Gasteiger partial charge on any atom is 0.248 e. The second kappa shape index (κ2) is 3.72. The van der Waals surface area contributed by atoms with E-state index in [-0.39, 0.29) is 5.92 Å². The van der Waals surface area contributed by atoms with Gasteiger partial charge in [-0.15, -0.1) is 0 Å². The lowest BCUT2D eigenvalue weighted by molar-refractivity contribution is 0.1000. The second-order valence-electron chi connectivity index (χ2n) is 2.84. The summed E-state index contributed by atoms with van der Waals surface area (Å²) < 4.78 is 0. The minimum Gasteiger partial charge on any atom is -0.366 e. The molecule has 13 heavy (non-hydrogen) atoms. The van der Waals surface area contributed by atoms with Gasteiger partial charge in [-0.3, -0.25) is 4.79 Å². The van der Waals surface area contributed by atoms with Crippen LogP contribution in [0.5, 0.6) is 0 Å². The molecule has 0 saturated carbocycles. The van der Waals surface area contributed by atoms with Gasteiger partial charge in [-0.1, -0.05) is 12.1 Å². The van der Waals surface area contributed by atoms with Crippen LogP contribution in [0.2, 0.25) is 0 Å². The van der Waals surface area contributed by atoms with E-state index in [1.54, 1.807) is 31.2 Å². The standard InChI is InChI=1S/C10H10N2O/c1-7(6-11)8-3-2-4-9(5-8)10(12)13/h2-5,7H,1H3,(H2,12,13). The van der Waals surface area contributed by atoms with E-state index in [0.717, 1.165) is 5.56 Å². The zero-order valence-electron chi connectivity index (χ0n) is 7.32. The lowest BCUT2D eigenvalue weighted by Gasteiger charge is -2.03. The van der Waals surface area contributed by atoms with Crippen LogP contribution in [-0.4, -0.2) is 5.91 Å². The Hall–Kier alpha value is -1.82. The van der Waals surface area contributed by atoms with Gasteiger partial charge in [0.25, 0.3) is 0 Å². The van der Waals surface area contributed by atoms with E-state index in [9.17, 15) is 4.79 Å². The summed E-state index contributed by atoms with van der Waals surface area (Å²) in [6.07, 6.45) is 0. The van der Waals surface area contributed by atoms with Crippen LogP contribution in [0.15, 0.2) is 24.3 Å². The molecule has 1 amide bonds. The van der Waals surface area contributed by atoms with Gasteiger partial charge < -0.3 is 5.73 Å². The Bertz CT molecular complexity index is 365. The van der Waals surface area contributed by atoms with E-state index < -0.39 is 5.91 Å². The molecule has 1 atom stereocenters. The van der Waals surface area contributed by atoms with Crippen LogP contribution in [0.25, 0.3) is 0 Å². The fourth-order valence-corrected chi connectivity index (χ4v) is 1.04. The van der Waals surface area contributed by atoms with Crippen molar-refractivity contribution in [1.82, 2.24) is 0 Å². The monoisotopic (exact) mass is 174 g/mol. The predicted octanol–water partition coefficient (Wildman–Crippen LogP) is 1.41. The third kappa shape index (κ3) is 2.06. The van der Waals surface area contributed by atoms with E-state index in [1.807, 2.05) is 0 Å².